The summed E-state index contributed by atoms with van der Waals surface area (Å²) in [6, 6.07) is 11.9. The molecule has 0 saturated heterocycles. The molecule has 3 aromatic rings. The maximum atomic E-state index is 6.28. The quantitative estimate of drug-likeness (QED) is 0.614. The third-order valence-electron chi connectivity index (χ3n) is 2.75. The molecular weight excluding hydrogens is 234 g/mol. The van der Waals surface area contributed by atoms with Crippen molar-refractivity contribution >= 4 is 17.2 Å². The topological polar surface area (TPSA) is 30.2 Å². The Kier molecular flexibility index (Phi) is 2.34. The van der Waals surface area contributed by atoms with E-state index in [2.05, 4.69) is 10.1 Å². The lowest BCUT2D eigenvalue weighted by molar-refractivity contribution is 0.931. The second kappa shape index (κ2) is 3.86. The minimum Gasteiger partial charge on any atom is -0.228 e. The standard InChI is InChI=1S/C13H10ClN3/c1-9-12(10-5-3-2-4-6-10)16-11-7-8-15-17(11)13(9)14/h2-8H,1H3. The average molecular weight is 244 g/mol. The molecule has 0 radical (unpaired) electrons. The van der Waals surface area contributed by atoms with Crippen LogP contribution in [-0.2, 0) is 0 Å². The van der Waals surface area contributed by atoms with Crippen molar-refractivity contribution < 1.29 is 0 Å². The molecule has 1 aromatic carbocycles. The van der Waals surface area contributed by atoms with Crippen molar-refractivity contribution in [1.29, 1.82) is 0 Å². The van der Waals surface area contributed by atoms with Crippen LogP contribution in [0.25, 0.3) is 16.9 Å². The van der Waals surface area contributed by atoms with Crippen LogP contribution < -0.4 is 0 Å². The van der Waals surface area contributed by atoms with E-state index in [-0.39, 0.29) is 0 Å². The molecule has 0 saturated carbocycles. The average Bonchev–Trinajstić information content (AvgIpc) is 2.83. The van der Waals surface area contributed by atoms with Crippen molar-refractivity contribution in [2.24, 2.45) is 0 Å². The van der Waals surface area contributed by atoms with Gasteiger partial charge < -0.3 is 0 Å². The van der Waals surface area contributed by atoms with Crippen LogP contribution in [0.3, 0.4) is 0 Å². The molecule has 0 spiro atoms. The zero-order chi connectivity index (χ0) is 11.8. The summed E-state index contributed by atoms with van der Waals surface area (Å²) in [5.74, 6) is 0. The largest absolute Gasteiger partial charge is 0.228 e. The maximum Gasteiger partial charge on any atom is 0.157 e. The molecule has 0 fully saturated rings. The summed E-state index contributed by atoms with van der Waals surface area (Å²) < 4.78 is 1.64. The first kappa shape index (κ1) is 10.3. The SMILES string of the molecule is Cc1c(-c2ccccc2)nc2ccnn2c1Cl. The highest BCUT2D eigenvalue weighted by Crippen LogP contribution is 2.27. The molecule has 0 bridgehead atoms. The minimum atomic E-state index is 0.610. The van der Waals surface area contributed by atoms with Crippen molar-refractivity contribution in [2.75, 3.05) is 0 Å². The van der Waals surface area contributed by atoms with E-state index in [0.29, 0.717) is 5.15 Å². The fourth-order valence-electron chi connectivity index (χ4n) is 1.86. The molecule has 4 heteroatoms. The first-order valence-corrected chi connectivity index (χ1v) is 5.70. The van der Waals surface area contributed by atoms with E-state index in [1.165, 1.54) is 0 Å². The smallest absolute Gasteiger partial charge is 0.157 e. The fourth-order valence-corrected chi connectivity index (χ4v) is 2.08. The van der Waals surface area contributed by atoms with E-state index in [1.807, 2.05) is 43.3 Å². The molecule has 3 rings (SSSR count). The molecule has 17 heavy (non-hydrogen) atoms. The fraction of sp³-hybridized carbons (Fsp3) is 0.0769. The lowest BCUT2D eigenvalue weighted by Gasteiger charge is -2.08. The van der Waals surface area contributed by atoms with Gasteiger partial charge in [0.05, 0.1) is 11.9 Å². The van der Waals surface area contributed by atoms with Gasteiger partial charge in [0.15, 0.2) is 5.65 Å². The third-order valence-corrected chi connectivity index (χ3v) is 3.19. The Labute approximate surface area is 104 Å². The number of hydrogen-bond donors (Lipinski definition) is 0. The first-order valence-electron chi connectivity index (χ1n) is 5.32. The van der Waals surface area contributed by atoms with Crippen LogP contribution in [0.1, 0.15) is 5.56 Å². The van der Waals surface area contributed by atoms with Gasteiger partial charge in [-0.15, -0.1) is 0 Å². The zero-order valence-electron chi connectivity index (χ0n) is 9.26. The number of aromatic nitrogens is 3. The van der Waals surface area contributed by atoms with E-state index in [1.54, 1.807) is 10.7 Å². The molecule has 0 aliphatic carbocycles. The summed E-state index contributed by atoms with van der Waals surface area (Å²) in [6.07, 6.45) is 1.70. The summed E-state index contributed by atoms with van der Waals surface area (Å²) in [7, 11) is 0. The number of halogens is 1. The summed E-state index contributed by atoms with van der Waals surface area (Å²) in [5.41, 5.74) is 3.67. The van der Waals surface area contributed by atoms with Gasteiger partial charge in [-0.25, -0.2) is 9.50 Å². The second-order valence-corrected chi connectivity index (χ2v) is 4.20. The van der Waals surface area contributed by atoms with Crippen LogP contribution in [0, 0.1) is 6.92 Å². The van der Waals surface area contributed by atoms with Crippen LogP contribution in [0.15, 0.2) is 42.6 Å². The second-order valence-electron chi connectivity index (χ2n) is 3.84. The molecule has 0 amide bonds. The van der Waals surface area contributed by atoms with Gasteiger partial charge in [-0.2, -0.15) is 5.10 Å². The molecule has 2 heterocycles. The van der Waals surface area contributed by atoms with E-state index in [9.17, 15) is 0 Å². The molecule has 84 valence electrons. The molecule has 0 aliphatic rings. The summed E-state index contributed by atoms with van der Waals surface area (Å²) >= 11 is 6.28. The Morgan fingerprint density at radius 3 is 2.65 bits per heavy atom. The number of rotatable bonds is 1. The number of fused-ring (bicyclic) bond motifs is 1. The summed E-state index contributed by atoms with van der Waals surface area (Å²) in [5, 5.41) is 4.75. The monoisotopic (exact) mass is 243 g/mol. The van der Waals surface area contributed by atoms with E-state index >= 15 is 0 Å². The molecule has 2 aromatic heterocycles. The van der Waals surface area contributed by atoms with Crippen LogP contribution in [0.2, 0.25) is 5.15 Å². The molecular formula is C13H10ClN3. The maximum absolute atomic E-state index is 6.28. The van der Waals surface area contributed by atoms with Crippen LogP contribution in [-0.4, -0.2) is 14.6 Å². The van der Waals surface area contributed by atoms with Crippen molar-refractivity contribution in [3.63, 3.8) is 0 Å². The zero-order valence-corrected chi connectivity index (χ0v) is 10.0. The highest BCUT2D eigenvalue weighted by Gasteiger charge is 2.11. The van der Waals surface area contributed by atoms with Crippen molar-refractivity contribution in [1.82, 2.24) is 14.6 Å². The third kappa shape index (κ3) is 1.59. The van der Waals surface area contributed by atoms with Crippen LogP contribution in [0.4, 0.5) is 0 Å². The van der Waals surface area contributed by atoms with Crippen LogP contribution in [0.5, 0.6) is 0 Å². The van der Waals surface area contributed by atoms with Gasteiger partial charge in [0.25, 0.3) is 0 Å². The normalized spacial score (nSPS) is 10.9. The Hall–Kier alpha value is -1.87. The Morgan fingerprint density at radius 2 is 1.88 bits per heavy atom. The summed E-state index contributed by atoms with van der Waals surface area (Å²) in [6.45, 7) is 1.96. The number of benzene rings is 1. The predicted octanol–water partition coefficient (Wildman–Crippen LogP) is 3.36. The molecule has 0 atom stereocenters. The number of hydrogen-bond acceptors (Lipinski definition) is 2. The van der Waals surface area contributed by atoms with Crippen molar-refractivity contribution in [2.45, 2.75) is 6.92 Å². The molecule has 0 aliphatic heterocycles. The predicted molar refractivity (Wildman–Crippen MR) is 68.2 cm³/mol. The molecule has 0 unspecified atom stereocenters. The Balaban J connectivity index is 2.34. The van der Waals surface area contributed by atoms with Gasteiger partial charge in [-0.05, 0) is 6.92 Å². The van der Waals surface area contributed by atoms with Crippen LogP contribution >= 0.6 is 11.6 Å². The van der Waals surface area contributed by atoms with Crippen molar-refractivity contribution in [3.8, 4) is 11.3 Å². The highest BCUT2D eigenvalue weighted by atomic mass is 35.5. The minimum absolute atomic E-state index is 0.610. The van der Waals surface area contributed by atoms with Gasteiger partial charge in [0, 0.05) is 17.2 Å². The molecule has 3 nitrogen and oxygen atoms in total. The lowest BCUT2D eigenvalue weighted by Crippen LogP contribution is -1.98. The Morgan fingerprint density at radius 1 is 1.12 bits per heavy atom. The summed E-state index contributed by atoms with van der Waals surface area (Å²) in [4.78, 5) is 4.58. The van der Waals surface area contributed by atoms with Gasteiger partial charge in [0.2, 0.25) is 0 Å². The van der Waals surface area contributed by atoms with Gasteiger partial charge in [-0.1, -0.05) is 41.9 Å². The first-order chi connectivity index (χ1) is 8.27. The van der Waals surface area contributed by atoms with E-state index < -0.39 is 0 Å². The molecule has 0 N–H and O–H groups in total. The van der Waals surface area contributed by atoms with Gasteiger partial charge in [0.1, 0.15) is 5.15 Å². The van der Waals surface area contributed by atoms with Gasteiger partial charge in [-0.3, -0.25) is 0 Å². The highest BCUT2D eigenvalue weighted by molar-refractivity contribution is 6.30. The number of nitrogens with zero attached hydrogens (tertiary/aromatic N) is 3. The van der Waals surface area contributed by atoms with Gasteiger partial charge >= 0.3 is 0 Å². The Bertz CT molecular complexity index is 674. The van der Waals surface area contributed by atoms with E-state index in [4.69, 9.17) is 11.6 Å². The van der Waals surface area contributed by atoms with E-state index in [0.717, 1.165) is 22.5 Å². The lowest BCUT2D eigenvalue weighted by atomic mass is 10.1. The van der Waals surface area contributed by atoms with Crippen molar-refractivity contribution in [3.05, 3.63) is 53.3 Å².